The highest BCUT2D eigenvalue weighted by Gasteiger charge is 2.21. The summed E-state index contributed by atoms with van der Waals surface area (Å²) in [7, 11) is 0. The van der Waals surface area contributed by atoms with Crippen molar-refractivity contribution in [3.63, 3.8) is 0 Å². The third-order valence-corrected chi connectivity index (χ3v) is 3.58. The van der Waals surface area contributed by atoms with Gasteiger partial charge in [-0.15, -0.1) is 0 Å². The monoisotopic (exact) mass is 282 g/mol. The minimum Gasteiger partial charge on any atom is -0.367 e. The third-order valence-electron chi connectivity index (χ3n) is 3.58. The number of halogens is 1. The van der Waals surface area contributed by atoms with Gasteiger partial charge in [0.2, 0.25) is 5.88 Å². The van der Waals surface area contributed by atoms with E-state index >= 15 is 0 Å². The van der Waals surface area contributed by atoms with E-state index in [0.717, 1.165) is 11.1 Å². The Morgan fingerprint density at radius 1 is 0.952 bits per heavy atom. The van der Waals surface area contributed by atoms with Gasteiger partial charge in [-0.3, -0.25) is 0 Å². The summed E-state index contributed by atoms with van der Waals surface area (Å²) in [5, 5.41) is 3.97. The first kappa shape index (κ1) is 13.4. The summed E-state index contributed by atoms with van der Waals surface area (Å²) in [6.45, 7) is 3.69. The molecule has 4 heteroatoms. The summed E-state index contributed by atoms with van der Waals surface area (Å²) >= 11 is 0. The number of hydrogen-bond donors (Lipinski definition) is 1. The van der Waals surface area contributed by atoms with Crippen molar-refractivity contribution in [2.45, 2.75) is 13.8 Å². The fourth-order valence-electron chi connectivity index (χ4n) is 2.43. The van der Waals surface area contributed by atoms with Crippen LogP contribution in [0.2, 0.25) is 0 Å². The van der Waals surface area contributed by atoms with E-state index in [1.54, 1.807) is 25.1 Å². The number of nitrogen functional groups attached to an aromatic ring is 1. The molecule has 106 valence electrons. The first-order valence-corrected chi connectivity index (χ1v) is 6.66. The number of rotatable bonds is 2. The highest BCUT2D eigenvalue weighted by molar-refractivity contribution is 5.88. The van der Waals surface area contributed by atoms with Crippen LogP contribution in [0.15, 0.2) is 47.0 Å². The molecular formula is C17H15FN2O. The van der Waals surface area contributed by atoms with Gasteiger partial charge in [0.05, 0.1) is 5.56 Å². The molecule has 2 aromatic carbocycles. The molecule has 0 saturated heterocycles. The van der Waals surface area contributed by atoms with Crippen LogP contribution in [0.3, 0.4) is 0 Å². The molecule has 0 bridgehead atoms. The second kappa shape index (κ2) is 5.05. The van der Waals surface area contributed by atoms with Gasteiger partial charge in [0.1, 0.15) is 11.5 Å². The van der Waals surface area contributed by atoms with Gasteiger partial charge in [-0.25, -0.2) is 4.39 Å². The first-order valence-electron chi connectivity index (χ1n) is 6.66. The Bertz CT molecular complexity index is 808. The van der Waals surface area contributed by atoms with Crippen molar-refractivity contribution in [1.29, 1.82) is 0 Å². The van der Waals surface area contributed by atoms with Crippen molar-refractivity contribution in [3.05, 3.63) is 59.4 Å². The van der Waals surface area contributed by atoms with Crippen molar-refractivity contribution in [2.24, 2.45) is 0 Å². The lowest BCUT2D eigenvalue weighted by Gasteiger charge is -2.07. The SMILES string of the molecule is Cc1ccccc1-c1c(-c2cccc(C)c2F)noc1N. The van der Waals surface area contributed by atoms with Crippen molar-refractivity contribution in [3.8, 4) is 22.4 Å². The van der Waals surface area contributed by atoms with Crippen LogP contribution in [-0.2, 0) is 0 Å². The molecule has 1 aromatic heterocycles. The average Bonchev–Trinajstić information content (AvgIpc) is 2.84. The molecule has 21 heavy (non-hydrogen) atoms. The zero-order valence-electron chi connectivity index (χ0n) is 11.9. The zero-order chi connectivity index (χ0) is 15.0. The molecule has 0 spiro atoms. The highest BCUT2D eigenvalue weighted by atomic mass is 19.1. The van der Waals surface area contributed by atoms with Crippen LogP contribution >= 0.6 is 0 Å². The van der Waals surface area contributed by atoms with Crippen LogP contribution in [0.1, 0.15) is 11.1 Å². The number of nitrogens with two attached hydrogens (primary N) is 1. The lowest BCUT2D eigenvalue weighted by molar-refractivity contribution is 0.439. The third kappa shape index (κ3) is 2.18. The lowest BCUT2D eigenvalue weighted by atomic mass is 9.96. The number of benzene rings is 2. The molecule has 0 unspecified atom stereocenters. The molecule has 0 aliphatic rings. The van der Waals surface area contributed by atoms with Gasteiger partial charge in [-0.05, 0) is 36.6 Å². The standard InChI is InChI=1S/C17H15FN2O/c1-10-6-3-4-8-12(10)14-16(20-21-17(14)19)13-9-5-7-11(2)15(13)18/h3-9H,19H2,1-2H3. The molecule has 3 nitrogen and oxygen atoms in total. The molecule has 0 aliphatic heterocycles. The molecule has 3 aromatic rings. The van der Waals surface area contributed by atoms with Gasteiger partial charge in [0, 0.05) is 5.56 Å². The Morgan fingerprint density at radius 3 is 2.38 bits per heavy atom. The molecule has 0 saturated carbocycles. The van der Waals surface area contributed by atoms with Crippen molar-refractivity contribution in [1.82, 2.24) is 5.16 Å². The molecule has 0 atom stereocenters. The summed E-state index contributed by atoms with van der Waals surface area (Å²) in [5.41, 5.74) is 9.87. The van der Waals surface area contributed by atoms with E-state index in [2.05, 4.69) is 5.16 Å². The van der Waals surface area contributed by atoms with E-state index in [4.69, 9.17) is 10.3 Å². The van der Waals surface area contributed by atoms with Crippen molar-refractivity contribution in [2.75, 3.05) is 5.73 Å². The molecule has 0 radical (unpaired) electrons. The fraction of sp³-hybridized carbons (Fsp3) is 0.118. The van der Waals surface area contributed by atoms with Crippen LogP contribution in [0.5, 0.6) is 0 Å². The van der Waals surface area contributed by atoms with Gasteiger partial charge in [-0.2, -0.15) is 0 Å². The second-order valence-electron chi connectivity index (χ2n) is 5.02. The van der Waals surface area contributed by atoms with E-state index in [0.29, 0.717) is 22.4 Å². The van der Waals surface area contributed by atoms with Gasteiger partial charge in [-0.1, -0.05) is 41.6 Å². The summed E-state index contributed by atoms with van der Waals surface area (Å²) in [4.78, 5) is 0. The van der Waals surface area contributed by atoms with Gasteiger partial charge in [0.15, 0.2) is 0 Å². The van der Waals surface area contributed by atoms with E-state index in [9.17, 15) is 4.39 Å². The maximum Gasteiger partial charge on any atom is 0.230 e. The van der Waals surface area contributed by atoms with Crippen molar-refractivity contribution >= 4 is 5.88 Å². The predicted molar refractivity (Wildman–Crippen MR) is 81.2 cm³/mol. The lowest BCUT2D eigenvalue weighted by Crippen LogP contribution is -1.93. The van der Waals surface area contributed by atoms with Crippen molar-refractivity contribution < 1.29 is 8.91 Å². The largest absolute Gasteiger partial charge is 0.367 e. The van der Waals surface area contributed by atoms with E-state index in [-0.39, 0.29) is 11.7 Å². The molecule has 0 aliphatic carbocycles. The predicted octanol–water partition coefficient (Wildman–Crippen LogP) is 4.35. The Balaban J connectivity index is 2.28. The molecule has 2 N–H and O–H groups in total. The van der Waals surface area contributed by atoms with Gasteiger partial charge in [0.25, 0.3) is 0 Å². The van der Waals surface area contributed by atoms with Crippen LogP contribution in [0.25, 0.3) is 22.4 Å². The minimum atomic E-state index is -0.305. The van der Waals surface area contributed by atoms with Gasteiger partial charge >= 0.3 is 0 Å². The summed E-state index contributed by atoms with van der Waals surface area (Å²) < 4.78 is 19.5. The van der Waals surface area contributed by atoms with Crippen LogP contribution in [-0.4, -0.2) is 5.16 Å². The average molecular weight is 282 g/mol. The first-order chi connectivity index (χ1) is 10.1. The highest BCUT2D eigenvalue weighted by Crippen LogP contribution is 2.38. The van der Waals surface area contributed by atoms with E-state index < -0.39 is 0 Å². The smallest absolute Gasteiger partial charge is 0.230 e. The summed E-state index contributed by atoms with van der Waals surface area (Å²) in [6, 6.07) is 12.9. The van der Waals surface area contributed by atoms with E-state index in [1.165, 1.54) is 0 Å². The van der Waals surface area contributed by atoms with Crippen LogP contribution < -0.4 is 5.73 Å². The molecule has 0 fully saturated rings. The number of nitrogens with zero attached hydrogens (tertiary/aromatic N) is 1. The number of hydrogen-bond acceptors (Lipinski definition) is 3. The molecule has 0 amide bonds. The Kier molecular flexibility index (Phi) is 3.22. The molecule has 1 heterocycles. The maximum absolute atomic E-state index is 14.4. The Morgan fingerprint density at radius 2 is 1.62 bits per heavy atom. The Labute approximate surface area is 122 Å². The molecule has 3 rings (SSSR count). The maximum atomic E-state index is 14.4. The van der Waals surface area contributed by atoms with Crippen LogP contribution in [0.4, 0.5) is 10.3 Å². The summed E-state index contributed by atoms with van der Waals surface area (Å²) in [5.74, 6) is -0.110. The summed E-state index contributed by atoms with van der Waals surface area (Å²) in [6.07, 6.45) is 0. The normalized spacial score (nSPS) is 10.8. The molecular weight excluding hydrogens is 267 g/mol. The minimum absolute atomic E-state index is 0.195. The fourth-order valence-corrected chi connectivity index (χ4v) is 2.43. The quantitative estimate of drug-likeness (QED) is 0.760. The van der Waals surface area contributed by atoms with Gasteiger partial charge < -0.3 is 10.3 Å². The van der Waals surface area contributed by atoms with Crippen LogP contribution in [0, 0.1) is 19.7 Å². The van der Waals surface area contributed by atoms with E-state index in [1.807, 2.05) is 31.2 Å². The number of aromatic nitrogens is 1. The topological polar surface area (TPSA) is 52.0 Å². The Hall–Kier alpha value is -2.62. The number of anilines is 1. The number of aryl methyl sites for hydroxylation is 2. The second-order valence-corrected chi connectivity index (χ2v) is 5.02. The zero-order valence-corrected chi connectivity index (χ0v) is 11.9.